The molecule has 1 N–H and O–H groups in total. The molecule has 0 amide bonds. The molecule has 2 atom stereocenters. The van der Waals surface area contributed by atoms with Crippen LogP contribution in [0.4, 0.5) is 0 Å². The van der Waals surface area contributed by atoms with E-state index in [9.17, 15) is 0 Å². The molecule has 0 bridgehead atoms. The van der Waals surface area contributed by atoms with E-state index in [2.05, 4.69) is 69.0 Å². The van der Waals surface area contributed by atoms with Crippen LogP contribution in [0.3, 0.4) is 0 Å². The Bertz CT molecular complexity index is 398. The van der Waals surface area contributed by atoms with Gasteiger partial charge in [-0.05, 0) is 48.1 Å². The minimum Gasteiger partial charge on any atom is -0.313 e. The molecule has 0 saturated carbocycles. The average molecular weight is 292 g/mol. The zero-order chi connectivity index (χ0) is 14.6. The number of rotatable bonds is 5. The maximum atomic E-state index is 3.70. The first kappa shape index (κ1) is 15.9. The molecule has 0 radical (unpaired) electrons. The molecule has 2 unspecified atom stereocenters. The van der Waals surface area contributed by atoms with E-state index in [1.807, 2.05) is 0 Å². The molecule has 0 aromatic heterocycles. The highest BCUT2D eigenvalue weighted by molar-refractivity contribution is 8.00. The number of nitrogens with one attached hydrogen (secondary N) is 1. The summed E-state index contributed by atoms with van der Waals surface area (Å²) in [7, 11) is 0. The zero-order valence-electron chi connectivity index (χ0n) is 13.4. The highest BCUT2D eigenvalue weighted by Crippen LogP contribution is 2.30. The molecule has 1 aliphatic heterocycles. The Balaban J connectivity index is 2.02. The predicted octanol–water partition coefficient (Wildman–Crippen LogP) is 4.40. The van der Waals surface area contributed by atoms with Gasteiger partial charge in [-0.3, -0.25) is 0 Å². The van der Waals surface area contributed by atoms with Crippen molar-refractivity contribution in [2.75, 3.05) is 12.3 Å². The normalized spacial score (nSPS) is 21.1. The van der Waals surface area contributed by atoms with Crippen LogP contribution in [-0.4, -0.2) is 23.6 Å². The van der Waals surface area contributed by atoms with E-state index in [0.717, 1.165) is 18.2 Å². The number of hydrogen-bond donors (Lipinski definition) is 1. The van der Waals surface area contributed by atoms with Crippen LogP contribution in [0.15, 0.2) is 24.3 Å². The van der Waals surface area contributed by atoms with Gasteiger partial charge in [0.2, 0.25) is 0 Å². The maximum absolute atomic E-state index is 3.70. The largest absolute Gasteiger partial charge is 0.313 e. The number of hydrogen-bond acceptors (Lipinski definition) is 2. The molecule has 0 aliphatic carbocycles. The van der Waals surface area contributed by atoms with E-state index in [0.29, 0.717) is 6.04 Å². The van der Waals surface area contributed by atoms with Crippen molar-refractivity contribution in [3.63, 3.8) is 0 Å². The first-order valence-corrected chi connectivity index (χ1v) is 9.00. The Morgan fingerprint density at radius 3 is 2.45 bits per heavy atom. The maximum Gasteiger partial charge on any atom is 0.0226 e. The van der Waals surface area contributed by atoms with E-state index in [-0.39, 0.29) is 5.41 Å². The van der Waals surface area contributed by atoms with Gasteiger partial charge in [-0.2, -0.15) is 11.8 Å². The first-order valence-electron chi connectivity index (χ1n) is 7.95. The van der Waals surface area contributed by atoms with E-state index in [1.54, 1.807) is 0 Å². The van der Waals surface area contributed by atoms with Gasteiger partial charge in [0.15, 0.2) is 0 Å². The Labute approximate surface area is 128 Å². The smallest absolute Gasteiger partial charge is 0.0226 e. The lowest BCUT2D eigenvalue weighted by Crippen LogP contribution is -2.38. The summed E-state index contributed by atoms with van der Waals surface area (Å²) in [5.41, 5.74) is 3.15. The van der Waals surface area contributed by atoms with Gasteiger partial charge in [0.1, 0.15) is 0 Å². The van der Waals surface area contributed by atoms with Gasteiger partial charge in [0.05, 0.1) is 0 Å². The third kappa shape index (κ3) is 4.26. The molecule has 112 valence electrons. The van der Waals surface area contributed by atoms with Crippen molar-refractivity contribution in [2.45, 2.75) is 63.7 Å². The topological polar surface area (TPSA) is 12.0 Å². The van der Waals surface area contributed by atoms with Crippen molar-refractivity contribution >= 4 is 11.8 Å². The van der Waals surface area contributed by atoms with Crippen LogP contribution >= 0.6 is 11.8 Å². The molecule has 0 spiro atoms. The first-order chi connectivity index (χ1) is 9.50. The van der Waals surface area contributed by atoms with Crippen molar-refractivity contribution < 1.29 is 0 Å². The highest BCUT2D eigenvalue weighted by Gasteiger charge is 2.25. The molecule has 1 saturated heterocycles. The number of likely N-dealkylation sites (N-methyl/N-ethyl adjacent to an activating group) is 1. The highest BCUT2D eigenvalue weighted by atomic mass is 32.2. The molecule has 1 fully saturated rings. The number of thioether (sulfide) groups is 1. The third-order valence-corrected chi connectivity index (χ3v) is 5.67. The van der Waals surface area contributed by atoms with Gasteiger partial charge in [-0.1, -0.05) is 52.0 Å². The van der Waals surface area contributed by atoms with Crippen LogP contribution in [0, 0.1) is 0 Å². The van der Waals surface area contributed by atoms with Crippen LogP contribution in [0.1, 0.15) is 51.7 Å². The van der Waals surface area contributed by atoms with E-state index in [1.165, 1.54) is 29.7 Å². The fourth-order valence-corrected chi connectivity index (χ4v) is 4.31. The Morgan fingerprint density at radius 2 is 1.95 bits per heavy atom. The monoisotopic (exact) mass is 291 g/mol. The standard InChI is InChI=1S/C18H29NS/c1-5-19-16(17-7-6-12-20-17)13-14-8-10-15(11-9-14)18(2,3)4/h8-11,16-17,19H,5-7,12-13H2,1-4H3. The summed E-state index contributed by atoms with van der Waals surface area (Å²) in [5.74, 6) is 1.34. The van der Waals surface area contributed by atoms with Crippen molar-refractivity contribution in [1.29, 1.82) is 0 Å². The lowest BCUT2D eigenvalue weighted by Gasteiger charge is -2.24. The SMILES string of the molecule is CCNC(Cc1ccc(C(C)(C)C)cc1)C1CCCS1. The van der Waals surface area contributed by atoms with E-state index >= 15 is 0 Å². The van der Waals surface area contributed by atoms with Gasteiger partial charge in [0.25, 0.3) is 0 Å². The molecule has 1 aromatic carbocycles. The minimum absolute atomic E-state index is 0.251. The summed E-state index contributed by atoms with van der Waals surface area (Å²) in [4.78, 5) is 0. The molecule has 2 heteroatoms. The number of benzene rings is 1. The fourth-order valence-electron chi connectivity index (χ4n) is 2.91. The predicted molar refractivity (Wildman–Crippen MR) is 91.8 cm³/mol. The van der Waals surface area contributed by atoms with E-state index in [4.69, 9.17) is 0 Å². The zero-order valence-corrected chi connectivity index (χ0v) is 14.2. The van der Waals surface area contributed by atoms with Gasteiger partial charge in [-0.15, -0.1) is 0 Å². The molecule has 1 aliphatic rings. The molecule has 1 nitrogen and oxygen atoms in total. The summed E-state index contributed by atoms with van der Waals surface area (Å²) in [6.07, 6.45) is 3.93. The second-order valence-corrected chi connectivity index (χ2v) is 8.21. The summed E-state index contributed by atoms with van der Waals surface area (Å²) >= 11 is 2.15. The quantitative estimate of drug-likeness (QED) is 0.863. The van der Waals surface area contributed by atoms with Gasteiger partial charge in [-0.25, -0.2) is 0 Å². The third-order valence-electron chi connectivity index (χ3n) is 4.16. The van der Waals surface area contributed by atoms with E-state index < -0.39 is 0 Å². The Hall–Kier alpha value is -0.470. The van der Waals surface area contributed by atoms with Gasteiger partial charge < -0.3 is 5.32 Å². The lowest BCUT2D eigenvalue weighted by molar-refractivity contribution is 0.495. The van der Waals surface area contributed by atoms with Crippen molar-refractivity contribution in [1.82, 2.24) is 5.32 Å². The van der Waals surface area contributed by atoms with Crippen LogP contribution in [-0.2, 0) is 11.8 Å². The van der Waals surface area contributed by atoms with Crippen LogP contribution in [0.2, 0.25) is 0 Å². The summed E-state index contributed by atoms with van der Waals surface area (Å²) < 4.78 is 0. The summed E-state index contributed by atoms with van der Waals surface area (Å²) in [5, 5.41) is 4.50. The fraction of sp³-hybridized carbons (Fsp3) is 0.667. The molecule has 2 rings (SSSR count). The summed E-state index contributed by atoms with van der Waals surface area (Å²) in [6.45, 7) is 10.1. The lowest BCUT2D eigenvalue weighted by atomic mass is 9.86. The second kappa shape index (κ2) is 7.00. The van der Waals surface area contributed by atoms with Gasteiger partial charge in [0, 0.05) is 11.3 Å². The van der Waals surface area contributed by atoms with Crippen LogP contribution in [0.25, 0.3) is 0 Å². The van der Waals surface area contributed by atoms with Crippen LogP contribution < -0.4 is 5.32 Å². The molecular formula is C18H29NS. The van der Waals surface area contributed by atoms with Gasteiger partial charge >= 0.3 is 0 Å². The van der Waals surface area contributed by atoms with Crippen LogP contribution in [0.5, 0.6) is 0 Å². The average Bonchev–Trinajstić information content (AvgIpc) is 2.91. The minimum atomic E-state index is 0.251. The molecular weight excluding hydrogens is 262 g/mol. The Morgan fingerprint density at radius 1 is 1.25 bits per heavy atom. The second-order valence-electron chi connectivity index (χ2n) is 6.87. The molecule has 20 heavy (non-hydrogen) atoms. The molecule has 1 aromatic rings. The molecule has 1 heterocycles. The summed E-state index contributed by atoms with van der Waals surface area (Å²) in [6, 6.07) is 9.89. The van der Waals surface area contributed by atoms with Crippen molar-refractivity contribution in [2.24, 2.45) is 0 Å². The Kier molecular flexibility index (Phi) is 5.57. The van der Waals surface area contributed by atoms with Crippen molar-refractivity contribution in [3.05, 3.63) is 35.4 Å². The van der Waals surface area contributed by atoms with Crippen molar-refractivity contribution in [3.8, 4) is 0 Å².